The topological polar surface area (TPSA) is 46.9 Å². The van der Waals surface area contributed by atoms with Gasteiger partial charge in [0, 0.05) is 5.56 Å². The van der Waals surface area contributed by atoms with E-state index < -0.39 is 0 Å². The van der Waals surface area contributed by atoms with Crippen LogP contribution in [-0.2, 0) is 0 Å². The lowest BCUT2D eigenvalue weighted by Crippen LogP contribution is -3.12. The predicted molar refractivity (Wildman–Crippen MR) is 121 cm³/mol. The number of hydrogen-bond donors (Lipinski definition) is 1. The average Bonchev–Trinajstić information content (AvgIpc) is 3.17. The van der Waals surface area contributed by atoms with E-state index in [0.29, 0.717) is 18.7 Å². The molecule has 0 saturated heterocycles. The molecule has 29 heavy (non-hydrogen) atoms. The van der Waals surface area contributed by atoms with E-state index in [1.165, 1.54) is 4.90 Å². The van der Waals surface area contributed by atoms with E-state index in [2.05, 4.69) is 32.9 Å². The van der Waals surface area contributed by atoms with E-state index in [1.807, 2.05) is 42.2 Å². The summed E-state index contributed by atoms with van der Waals surface area (Å²) in [6.45, 7) is 12.6. The molecule has 0 aliphatic carbocycles. The van der Waals surface area contributed by atoms with Gasteiger partial charge in [-0.2, -0.15) is 0 Å². The molecule has 0 atom stereocenters. The zero-order valence-corrected chi connectivity index (χ0v) is 18.5. The summed E-state index contributed by atoms with van der Waals surface area (Å²) < 4.78 is 6.62. The molecule has 0 saturated carbocycles. The van der Waals surface area contributed by atoms with E-state index in [4.69, 9.17) is 9.72 Å². The summed E-state index contributed by atoms with van der Waals surface area (Å²) in [6, 6.07) is 13.5. The van der Waals surface area contributed by atoms with Crippen LogP contribution in [0, 0.1) is 6.92 Å². The summed E-state index contributed by atoms with van der Waals surface area (Å²) in [5, 5.41) is 0.764. The van der Waals surface area contributed by atoms with Crippen LogP contribution in [0.3, 0.4) is 0 Å². The van der Waals surface area contributed by atoms with E-state index in [0.717, 1.165) is 46.3 Å². The molecule has 0 radical (unpaired) electrons. The van der Waals surface area contributed by atoms with Crippen LogP contribution < -0.4 is 14.5 Å². The lowest BCUT2D eigenvalue weighted by molar-refractivity contribution is -0.894. The number of carbonyl (C=O) groups excluding carboxylic acids is 1. The van der Waals surface area contributed by atoms with Gasteiger partial charge in [0.25, 0.3) is 5.91 Å². The zero-order valence-electron chi connectivity index (χ0n) is 17.7. The SMILES string of the molecule is CCOc1ccc(C(=O)N(CC[NH+](CC)CC)c2nc3c(C)cccc3s2)cc1. The van der Waals surface area contributed by atoms with Crippen LogP contribution >= 0.6 is 11.3 Å². The van der Waals surface area contributed by atoms with E-state index >= 15 is 0 Å². The number of para-hydroxylation sites is 1. The highest BCUT2D eigenvalue weighted by Crippen LogP contribution is 2.31. The molecule has 6 heteroatoms. The van der Waals surface area contributed by atoms with Gasteiger partial charge in [-0.15, -0.1) is 0 Å². The Morgan fingerprint density at radius 2 is 1.83 bits per heavy atom. The van der Waals surface area contributed by atoms with E-state index in [-0.39, 0.29) is 5.91 Å². The maximum absolute atomic E-state index is 13.4. The van der Waals surface area contributed by atoms with Crippen molar-refractivity contribution in [1.82, 2.24) is 4.98 Å². The predicted octanol–water partition coefficient (Wildman–Crippen LogP) is 3.57. The Kier molecular flexibility index (Phi) is 7.23. The van der Waals surface area contributed by atoms with Crippen molar-refractivity contribution < 1.29 is 14.4 Å². The minimum absolute atomic E-state index is 0.0173. The molecule has 0 bridgehead atoms. The Bertz CT molecular complexity index is 948. The third-order valence-electron chi connectivity index (χ3n) is 5.19. The van der Waals surface area contributed by atoms with Gasteiger partial charge in [-0.25, -0.2) is 4.98 Å². The fourth-order valence-corrected chi connectivity index (χ4v) is 4.43. The summed E-state index contributed by atoms with van der Waals surface area (Å²) in [7, 11) is 0. The lowest BCUT2D eigenvalue weighted by Gasteiger charge is -2.23. The molecule has 1 N–H and O–H groups in total. The van der Waals surface area contributed by atoms with Crippen molar-refractivity contribution in [3.05, 3.63) is 53.6 Å². The maximum atomic E-state index is 13.4. The molecular weight excluding hydrogens is 382 g/mol. The van der Waals surface area contributed by atoms with Crippen molar-refractivity contribution in [3.63, 3.8) is 0 Å². The number of aromatic nitrogens is 1. The van der Waals surface area contributed by atoms with Gasteiger partial charge in [0.15, 0.2) is 5.13 Å². The molecule has 0 aliphatic heterocycles. The van der Waals surface area contributed by atoms with Crippen LogP contribution in [0.1, 0.15) is 36.7 Å². The third kappa shape index (κ3) is 4.95. The minimum atomic E-state index is -0.0173. The monoisotopic (exact) mass is 412 g/mol. The largest absolute Gasteiger partial charge is 0.494 e. The number of benzene rings is 2. The number of carbonyl (C=O) groups is 1. The van der Waals surface area contributed by atoms with E-state index in [1.54, 1.807) is 11.3 Å². The number of aryl methyl sites for hydroxylation is 1. The highest BCUT2D eigenvalue weighted by molar-refractivity contribution is 7.22. The summed E-state index contributed by atoms with van der Waals surface area (Å²) in [4.78, 5) is 21.5. The Morgan fingerprint density at radius 3 is 2.45 bits per heavy atom. The number of hydrogen-bond acceptors (Lipinski definition) is 4. The fourth-order valence-electron chi connectivity index (χ4n) is 3.36. The van der Waals surface area contributed by atoms with Gasteiger partial charge in [-0.05, 0) is 63.6 Å². The Hall–Kier alpha value is -2.44. The molecule has 0 aliphatic rings. The van der Waals surface area contributed by atoms with Crippen LogP contribution in [-0.4, -0.2) is 43.7 Å². The van der Waals surface area contributed by atoms with Gasteiger partial charge in [-0.3, -0.25) is 9.69 Å². The second-order valence-corrected chi connectivity index (χ2v) is 8.05. The van der Waals surface area contributed by atoms with E-state index in [9.17, 15) is 4.79 Å². The molecule has 2 aromatic carbocycles. The number of thiazole rings is 1. The van der Waals surface area contributed by atoms with Gasteiger partial charge in [0.2, 0.25) is 0 Å². The lowest BCUT2D eigenvalue weighted by atomic mass is 10.2. The van der Waals surface area contributed by atoms with Gasteiger partial charge < -0.3 is 9.64 Å². The van der Waals surface area contributed by atoms with Crippen LogP contribution in [0.2, 0.25) is 0 Å². The number of amides is 1. The average molecular weight is 413 g/mol. The molecule has 1 heterocycles. The molecule has 0 unspecified atom stereocenters. The molecule has 3 rings (SSSR count). The summed E-state index contributed by atoms with van der Waals surface area (Å²) in [5.41, 5.74) is 2.76. The molecule has 1 amide bonds. The van der Waals surface area contributed by atoms with Crippen LogP contribution in [0.5, 0.6) is 5.75 Å². The second-order valence-electron chi connectivity index (χ2n) is 7.04. The molecule has 1 aromatic heterocycles. The quantitative estimate of drug-likeness (QED) is 0.584. The Morgan fingerprint density at radius 1 is 1.10 bits per heavy atom. The number of quaternary nitrogens is 1. The van der Waals surface area contributed by atoms with Crippen molar-refractivity contribution in [1.29, 1.82) is 0 Å². The minimum Gasteiger partial charge on any atom is -0.494 e. The third-order valence-corrected chi connectivity index (χ3v) is 6.23. The Balaban J connectivity index is 1.92. The molecular formula is C23H30N3O2S+. The van der Waals surface area contributed by atoms with Crippen molar-refractivity contribution >= 4 is 32.6 Å². The first kappa shape index (κ1) is 21.3. The van der Waals surface area contributed by atoms with Crippen LogP contribution in [0.15, 0.2) is 42.5 Å². The van der Waals surface area contributed by atoms with Crippen LogP contribution in [0.25, 0.3) is 10.2 Å². The Labute approximate surface area is 176 Å². The number of ether oxygens (including phenoxy) is 1. The highest BCUT2D eigenvalue weighted by atomic mass is 32.1. The van der Waals surface area contributed by atoms with Crippen molar-refractivity contribution in [2.45, 2.75) is 27.7 Å². The molecule has 3 aromatic rings. The summed E-state index contributed by atoms with van der Waals surface area (Å²) in [6.07, 6.45) is 0. The fraction of sp³-hybridized carbons (Fsp3) is 0.391. The smallest absolute Gasteiger partial charge is 0.260 e. The zero-order chi connectivity index (χ0) is 20.8. The number of rotatable bonds is 9. The highest BCUT2D eigenvalue weighted by Gasteiger charge is 2.23. The van der Waals surface area contributed by atoms with Gasteiger partial charge >= 0.3 is 0 Å². The number of likely N-dealkylation sites (N-methyl/N-ethyl adjacent to an activating group) is 1. The van der Waals surface area contributed by atoms with Crippen LogP contribution in [0.4, 0.5) is 5.13 Å². The van der Waals surface area contributed by atoms with Crippen molar-refractivity contribution in [3.8, 4) is 5.75 Å². The molecule has 0 fully saturated rings. The second kappa shape index (κ2) is 9.85. The standard InChI is InChI=1S/C23H29N3O2S/c1-5-25(6-2)15-16-26(22(27)18-11-13-19(14-12-18)28-7-3)23-24-21-17(4)9-8-10-20(21)29-23/h8-14H,5-7,15-16H2,1-4H3/p+1. The first-order valence-corrected chi connectivity index (χ1v) is 11.1. The number of anilines is 1. The number of nitrogens with one attached hydrogen (secondary N) is 1. The first-order valence-electron chi connectivity index (χ1n) is 10.3. The van der Waals surface area contributed by atoms with Crippen molar-refractivity contribution in [2.75, 3.05) is 37.7 Å². The van der Waals surface area contributed by atoms with Gasteiger partial charge in [0.1, 0.15) is 5.75 Å². The number of nitrogens with zero attached hydrogens (tertiary/aromatic N) is 2. The summed E-state index contributed by atoms with van der Waals surface area (Å²) in [5.74, 6) is 0.759. The molecule has 0 spiro atoms. The first-order chi connectivity index (χ1) is 14.1. The van der Waals surface area contributed by atoms with Gasteiger partial charge in [-0.1, -0.05) is 23.5 Å². The molecule has 5 nitrogen and oxygen atoms in total. The summed E-state index contributed by atoms with van der Waals surface area (Å²) >= 11 is 1.58. The maximum Gasteiger partial charge on any atom is 0.260 e. The number of fused-ring (bicyclic) bond motifs is 1. The molecule has 154 valence electrons. The van der Waals surface area contributed by atoms with Crippen molar-refractivity contribution in [2.24, 2.45) is 0 Å². The normalized spacial score (nSPS) is 11.2. The van der Waals surface area contributed by atoms with Gasteiger partial charge in [0.05, 0.1) is 43.0 Å².